The zero-order valence-corrected chi connectivity index (χ0v) is 21.0. The van der Waals surface area contributed by atoms with Crippen molar-refractivity contribution < 1.29 is 14.3 Å². The monoisotopic (exact) mass is 469 g/mol. The Labute approximate surface area is 203 Å². The lowest BCUT2D eigenvalue weighted by Crippen LogP contribution is -2.40. The number of carbonyl (C=O) groups excluding carboxylic acids is 2. The number of nitrogens with zero attached hydrogens (tertiary/aromatic N) is 3. The van der Waals surface area contributed by atoms with Crippen LogP contribution in [-0.4, -0.2) is 61.1 Å². The molecule has 0 saturated carbocycles. The molecule has 3 heterocycles. The minimum atomic E-state index is -0.582. The molecule has 2 saturated heterocycles. The van der Waals surface area contributed by atoms with Gasteiger partial charge >= 0.3 is 0 Å². The minimum Gasteiger partial charge on any atom is -0.378 e. The van der Waals surface area contributed by atoms with Crippen molar-refractivity contribution in [2.45, 2.75) is 47.0 Å². The highest BCUT2D eigenvalue weighted by atomic mass is 16.5. The maximum Gasteiger partial charge on any atom is 0.269 e. The molecule has 0 spiro atoms. The summed E-state index contributed by atoms with van der Waals surface area (Å²) in [6.45, 7) is 12.3. The molecule has 186 valence electrons. The van der Waals surface area contributed by atoms with Gasteiger partial charge in [-0.15, -0.1) is 0 Å². The molecule has 0 bridgehead atoms. The SMILES string of the molecule is CC.CC.NC(=O)c1ncc(N2CCCCC2)cc1Nc1ccc(C(=O)N2CCOCC2)cc1. The average Bonchev–Trinajstić information content (AvgIpc) is 2.92. The van der Waals surface area contributed by atoms with Gasteiger partial charge in [-0.2, -0.15) is 0 Å². The zero-order chi connectivity index (χ0) is 24.9. The normalized spacial score (nSPS) is 15.3. The first-order valence-corrected chi connectivity index (χ1v) is 12.4. The molecule has 34 heavy (non-hydrogen) atoms. The number of morpholine rings is 1. The van der Waals surface area contributed by atoms with Crippen molar-refractivity contribution >= 4 is 28.9 Å². The van der Waals surface area contributed by atoms with Crippen molar-refractivity contribution in [1.82, 2.24) is 9.88 Å². The smallest absolute Gasteiger partial charge is 0.269 e. The summed E-state index contributed by atoms with van der Waals surface area (Å²) in [5.74, 6) is -0.585. The van der Waals surface area contributed by atoms with Gasteiger partial charge in [0.15, 0.2) is 5.69 Å². The van der Waals surface area contributed by atoms with E-state index in [1.165, 1.54) is 6.42 Å². The molecule has 3 N–H and O–H groups in total. The van der Waals surface area contributed by atoms with E-state index in [1.54, 1.807) is 23.2 Å². The van der Waals surface area contributed by atoms with Crippen LogP contribution in [0.3, 0.4) is 0 Å². The van der Waals surface area contributed by atoms with E-state index in [1.807, 2.05) is 45.9 Å². The maximum absolute atomic E-state index is 12.6. The van der Waals surface area contributed by atoms with Crippen molar-refractivity contribution in [3.8, 4) is 0 Å². The molecule has 0 atom stereocenters. The number of amides is 2. The number of hydrogen-bond donors (Lipinski definition) is 2. The first kappa shape index (κ1) is 27.1. The number of hydrogen-bond acceptors (Lipinski definition) is 6. The van der Waals surface area contributed by atoms with E-state index in [9.17, 15) is 9.59 Å². The van der Waals surface area contributed by atoms with Crippen molar-refractivity contribution in [2.24, 2.45) is 5.73 Å². The number of nitrogens with one attached hydrogen (secondary N) is 1. The largest absolute Gasteiger partial charge is 0.378 e. The third-order valence-electron chi connectivity index (χ3n) is 5.54. The summed E-state index contributed by atoms with van der Waals surface area (Å²) in [5, 5.41) is 3.24. The first-order chi connectivity index (χ1) is 16.6. The number of carbonyl (C=O) groups is 2. The van der Waals surface area contributed by atoms with Gasteiger partial charge in [-0.25, -0.2) is 4.98 Å². The lowest BCUT2D eigenvalue weighted by Gasteiger charge is -2.29. The summed E-state index contributed by atoms with van der Waals surface area (Å²) in [4.78, 5) is 32.8. The third-order valence-corrected chi connectivity index (χ3v) is 5.54. The van der Waals surface area contributed by atoms with E-state index < -0.39 is 5.91 Å². The van der Waals surface area contributed by atoms with Gasteiger partial charge in [-0.05, 0) is 49.6 Å². The molecule has 0 radical (unpaired) electrons. The highest BCUT2D eigenvalue weighted by Crippen LogP contribution is 2.27. The Bertz CT molecular complexity index is 905. The second kappa shape index (κ2) is 14.2. The van der Waals surface area contributed by atoms with Crippen molar-refractivity contribution in [3.63, 3.8) is 0 Å². The molecule has 0 aliphatic carbocycles. The molecule has 8 nitrogen and oxygen atoms in total. The van der Waals surface area contributed by atoms with Crippen LogP contribution in [0.15, 0.2) is 36.5 Å². The van der Waals surface area contributed by atoms with E-state index in [4.69, 9.17) is 10.5 Å². The summed E-state index contributed by atoms with van der Waals surface area (Å²) < 4.78 is 5.30. The number of rotatable bonds is 5. The number of piperidine rings is 1. The van der Waals surface area contributed by atoms with E-state index in [0.29, 0.717) is 37.6 Å². The maximum atomic E-state index is 12.6. The van der Waals surface area contributed by atoms with Crippen LogP contribution >= 0.6 is 0 Å². The Balaban J connectivity index is 0.000000970. The van der Waals surface area contributed by atoms with E-state index in [-0.39, 0.29) is 11.6 Å². The fraction of sp³-hybridized carbons (Fsp3) is 0.500. The Morgan fingerprint density at radius 3 is 2.15 bits per heavy atom. The molecule has 2 amide bonds. The van der Waals surface area contributed by atoms with Crippen LogP contribution in [0.25, 0.3) is 0 Å². The fourth-order valence-electron chi connectivity index (χ4n) is 3.87. The van der Waals surface area contributed by atoms with Gasteiger partial charge in [0.2, 0.25) is 0 Å². The molecule has 1 aromatic heterocycles. The fourth-order valence-corrected chi connectivity index (χ4v) is 3.87. The molecule has 8 heteroatoms. The summed E-state index contributed by atoms with van der Waals surface area (Å²) in [6, 6.07) is 9.14. The lowest BCUT2D eigenvalue weighted by molar-refractivity contribution is 0.0303. The first-order valence-electron chi connectivity index (χ1n) is 12.4. The highest BCUT2D eigenvalue weighted by Gasteiger charge is 2.19. The van der Waals surface area contributed by atoms with E-state index in [0.717, 1.165) is 37.3 Å². The number of pyridine rings is 1. The number of aromatic nitrogens is 1. The molecule has 4 rings (SSSR count). The van der Waals surface area contributed by atoms with Crippen LogP contribution in [0, 0.1) is 0 Å². The molecule has 0 unspecified atom stereocenters. The van der Waals surface area contributed by atoms with Gasteiger partial charge in [-0.1, -0.05) is 27.7 Å². The quantitative estimate of drug-likeness (QED) is 0.671. The Hall–Kier alpha value is -3.13. The summed E-state index contributed by atoms with van der Waals surface area (Å²) in [5.41, 5.74) is 8.65. The van der Waals surface area contributed by atoms with Crippen molar-refractivity contribution in [1.29, 1.82) is 0 Å². The lowest BCUT2D eigenvalue weighted by atomic mass is 10.1. The molecule has 2 aromatic rings. The van der Waals surface area contributed by atoms with E-state index >= 15 is 0 Å². The van der Waals surface area contributed by atoms with Gasteiger partial charge in [0.05, 0.1) is 30.8 Å². The van der Waals surface area contributed by atoms with Crippen LogP contribution in [0.1, 0.15) is 67.8 Å². The zero-order valence-electron chi connectivity index (χ0n) is 21.0. The highest BCUT2D eigenvalue weighted by molar-refractivity contribution is 5.98. The van der Waals surface area contributed by atoms with Gasteiger partial charge in [0, 0.05) is 37.4 Å². The molecule has 2 fully saturated rings. The number of primary amides is 1. The molecular formula is C26H39N5O3. The average molecular weight is 470 g/mol. The van der Waals surface area contributed by atoms with Gasteiger partial charge in [0.1, 0.15) is 0 Å². The van der Waals surface area contributed by atoms with Crippen LogP contribution in [0.4, 0.5) is 17.1 Å². The van der Waals surface area contributed by atoms with Crippen molar-refractivity contribution in [3.05, 3.63) is 47.8 Å². The number of ether oxygens (including phenoxy) is 1. The number of benzene rings is 1. The van der Waals surface area contributed by atoms with Gasteiger partial charge in [0.25, 0.3) is 11.8 Å². The standard InChI is InChI=1S/C22H27N5O3.2C2H6/c23-21(28)20-19(14-18(15-24-20)26-8-2-1-3-9-26)25-17-6-4-16(5-7-17)22(29)27-10-12-30-13-11-27;2*1-2/h4-7,14-15,25H,1-3,8-13H2,(H2,23,28);2*1-2H3. The molecule has 2 aliphatic rings. The van der Waals surface area contributed by atoms with Crippen LogP contribution in [0.2, 0.25) is 0 Å². The topological polar surface area (TPSA) is 101 Å². The van der Waals surface area contributed by atoms with Gasteiger partial charge < -0.3 is 25.6 Å². The second-order valence-electron chi connectivity index (χ2n) is 7.61. The van der Waals surface area contributed by atoms with Crippen LogP contribution in [0.5, 0.6) is 0 Å². The minimum absolute atomic E-state index is 0.00330. The van der Waals surface area contributed by atoms with E-state index in [2.05, 4.69) is 15.2 Å². The summed E-state index contributed by atoms with van der Waals surface area (Å²) in [7, 11) is 0. The number of nitrogens with two attached hydrogens (primary N) is 1. The Kier molecular flexibility index (Phi) is 11.3. The van der Waals surface area contributed by atoms with Crippen LogP contribution in [-0.2, 0) is 4.74 Å². The van der Waals surface area contributed by atoms with Gasteiger partial charge in [-0.3, -0.25) is 9.59 Å². The summed E-state index contributed by atoms with van der Waals surface area (Å²) >= 11 is 0. The summed E-state index contributed by atoms with van der Waals surface area (Å²) in [6.07, 6.45) is 5.25. The molecular weight excluding hydrogens is 430 g/mol. The van der Waals surface area contributed by atoms with Crippen molar-refractivity contribution in [2.75, 3.05) is 49.6 Å². The Morgan fingerprint density at radius 1 is 0.941 bits per heavy atom. The second-order valence-corrected chi connectivity index (χ2v) is 7.61. The third kappa shape index (κ3) is 7.18. The predicted molar refractivity (Wildman–Crippen MR) is 138 cm³/mol. The Morgan fingerprint density at radius 2 is 1.56 bits per heavy atom. The predicted octanol–water partition coefficient (Wildman–Crippen LogP) is 4.44. The van der Waals surface area contributed by atoms with Crippen LogP contribution < -0.4 is 16.0 Å². The molecule has 2 aliphatic heterocycles. The number of anilines is 3. The molecule has 1 aromatic carbocycles.